The summed E-state index contributed by atoms with van der Waals surface area (Å²) in [7, 11) is 0. The number of carboxylic acid groups (broad SMARTS) is 1. The lowest BCUT2D eigenvalue weighted by Crippen LogP contribution is -2.30. The molecule has 0 spiro atoms. The standard InChI is InChI=1S/C15H19NO2/c1-3-5-6-7-8-9-10-11-13(4-2)12-14(16)15(17)18/h3-11,14H,1-2,12,16H2,(H,17,18)/b6-5-,8-7-,10-9-,13-11+. The van der Waals surface area contributed by atoms with Gasteiger partial charge in [0.1, 0.15) is 6.04 Å². The lowest BCUT2D eigenvalue weighted by molar-refractivity contribution is -0.138. The van der Waals surface area contributed by atoms with Crippen LogP contribution in [0.4, 0.5) is 0 Å². The van der Waals surface area contributed by atoms with E-state index in [9.17, 15) is 4.79 Å². The summed E-state index contributed by atoms with van der Waals surface area (Å²) in [5.74, 6) is -1.01. The number of carboxylic acids is 1. The average molecular weight is 245 g/mol. The minimum atomic E-state index is -1.01. The molecule has 3 heteroatoms. The maximum absolute atomic E-state index is 10.6. The highest BCUT2D eigenvalue weighted by Crippen LogP contribution is 2.05. The van der Waals surface area contributed by atoms with Crippen LogP contribution in [-0.4, -0.2) is 17.1 Å². The smallest absolute Gasteiger partial charge is 0.320 e. The highest BCUT2D eigenvalue weighted by atomic mass is 16.4. The molecule has 0 radical (unpaired) electrons. The molecule has 0 fully saturated rings. The Balaban J connectivity index is 4.35. The van der Waals surface area contributed by atoms with Crippen molar-refractivity contribution in [1.82, 2.24) is 0 Å². The fourth-order valence-electron chi connectivity index (χ4n) is 1.07. The van der Waals surface area contributed by atoms with Crippen LogP contribution in [-0.2, 0) is 4.79 Å². The van der Waals surface area contributed by atoms with Gasteiger partial charge in [0, 0.05) is 0 Å². The average Bonchev–Trinajstić information content (AvgIpc) is 2.35. The zero-order valence-corrected chi connectivity index (χ0v) is 10.3. The second kappa shape index (κ2) is 10.1. The summed E-state index contributed by atoms with van der Waals surface area (Å²) in [6, 6.07) is -0.895. The van der Waals surface area contributed by atoms with Crippen LogP contribution in [0.2, 0.25) is 0 Å². The summed E-state index contributed by atoms with van der Waals surface area (Å²) in [6.07, 6.45) is 16.4. The summed E-state index contributed by atoms with van der Waals surface area (Å²) in [5, 5.41) is 8.69. The Hall–Kier alpha value is -2.13. The Morgan fingerprint density at radius 1 is 1.11 bits per heavy atom. The van der Waals surface area contributed by atoms with Gasteiger partial charge in [-0.1, -0.05) is 67.8 Å². The molecule has 0 aliphatic heterocycles. The van der Waals surface area contributed by atoms with Gasteiger partial charge in [-0.3, -0.25) is 4.79 Å². The largest absolute Gasteiger partial charge is 0.480 e. The van der Waals surface area contributed by atoms with Crippen molar-refractivity contribution in [3.63, 3.8) is 0 Å². The Kier molecular flexibility index (Phi) is 8.86. The Morgan fingerprint density at radius 3 is 2.17 bits per heavy atom. The third kappa shape index (κ3) is 8.07. The van der Waals surface area contributed by atoms with Crippen molar-refractivity contribution in [3.05, 3.63) is 73.4 Å². The monoisotopic (exact) mass is 245 g/mol. The number of nitrogens with two attached hydrogens (primary N) is 1. The fraction of sp³-hybridized carbons (Fsp3) is 0.133. The van der Waals surface area contributed by atoms with Crippen molar-refractivity contribution in [2.24, 2.45) is 5.73 Å². The van der Waals surface area contributed by atoms with Crippen LogP contribution in [0.3, 0.4) is 0 Å². The van der Waals surface area contributed by atoms with E-state index >= 15 is 0 Å². The van der Waals surface area contributed by atoms with Gasteiger partial charge >= 0.3 is 5.97 Å². The van der Waals surface area contributed by atoms with Gasteiger partial charge in [-0.15, -0.1) is 0 Å². The lowest BCUT2D eigenvalue weighted by Gasteiger charge is -2.05. The first-order valence-corrected chi connectivity index (χ1v) is 5.54. The van der Waals surface area contributed by atoms with E-state index in [1.807, 2.05) is 36.5 Å². The molecule has 1 unspecified atom stereocenters. The predicted molar refractivity (Wildman–Crippen MR) is 76.1 cm³/mol. The molecule has 0 heterocycles. The minimum Gasteiger partial charge on any atom is -0.480 e. The van der Waals surface area contributed by atoms with Crippen LogP contribution in [0.1, 0.15) is 6.42 Å². The summed E-state index contributed by atoms with van der Waals surface area (Å²) >= 11 is 0. The lowest BCUT2D eigenvalue weighted by atomic mass is 10.1. The maximum Gasteiger partial charge on any atom is 0.320 e. The van der Waals surface area contributed by atoms with E-state index in [2.05, 4.69) is 13.2 Å². The van der Waals surface area contributed by atoms with Crippen molar-refractivity contribution in [2.45, 2.75) is 12.5 Å². The molecule has 0 aromatic rings. The first kappa shape index (κ1) is 15.9. The van der Waals surface area contributed by atoms with Crippen molar-refractivity contribution in [2.75, 3.05) is 0 Å². The number of hydrogen-bond donors (Lipinski definition) is 2. The number of hydrogen-bond acceptors (Lipinski definition) is 2. The van der Waals surface area contributed by atoms with E-state index in [0.717, 1.165) is 5.57 Å². The first-order chi connectivity index (χ1) is 8.61. The van der Waals surface area contributed by atoms with E-state index in [-0.39, 0.29) is 6.42 Å². The second-order valence-corrected chi connectivity index (χ2v) is 3.48. The van der Waals surface area contributed by atoms with Gasteiger partial charge < -0.3 is 10.8 Å². The third-order valence-electron chi connectivity index (χ3n) is 2.04. The number of allylic oxidation sites excluding steroid dienone is 9. The highest BCUT2D eigenvalue weighted by molar-refractivity contribution is 5.73. The van der Waals surface area contributed by atoms with Gasteiger partial charge in [0.2, 0.25) is 0 Å². The predicted octanol–water partition coefficient (Wildman–Crippen LogP) is 2.76. The first-order valence-electron chi connectivity index (χ1n) is 5.54. The molecule has 0 aliphatic carbocycles. The van der Waals surface area contributed by atoms with Gasteiger partial charge in [-0.25, -0.2) is 0 Å². The number of aliphatic carboxylic acids is 1. The molecule has 96 valence electrons. The normalized spacial score (nSPS) is 14.4. The van der Waals surface area contributed by atoms with E-state index in [4.69, 9.17) is 10.8 Å². The SMILES string of the molecule is C=C\C=C/C=C\C=C/C=C(\C=C)CC(N)C(=O)O. The van der Waals surface area contributed by atoms with E-state index < -0.39 is 12.0 Å². The van der Waals surface area contributed by atoms with E-state index in [0.29, 0.717) is 0 Å². The quantitative estimate of drug-likeness (QED) is 0.646. The van der Waals surface area contributed by atoms with Crippen LogP contribution in [0.15, 0.2) is 73.4 Å². The van der Waals surface area contributed by atoms with Crippen molar-refractivity contribution >= 4 is 5.97 Å². The zero-order chi connectivity index (χ0) is 13.8. The van der Waals surface area contributed by atoms with Crippen LogP contribution >= 0.6 is 0 Å². The Labute approximate surface area is 108 Å². The van der Waals surface area contributed by atoms with Crippen molar-refractivity contribution < 1.29 is 9.90 Å². The number of carbonyl (C=O) groups is 1. The van der Waals surface area contributed by atoms with Gasteiger partial charge in [0.15, 0.2) is 0 Å². The molecule has 3 N–H and O–H groups in total. The number of rotatable bonds is 8. The van der Waals surface area contributed by atoms with Crippen molar-refractivity contribution in [1.29, 1.82) is 0 Å². The molecule has 1 atom stereocenters. The molecule has 0 bridgehead atoms. The van der Waals surface area contributed by atoms with Crippen molar-refractivity contribution in [3.8, 4) is 0 Å². The topological polar surface area (TPSA) is 63.3 Å². The van der Waals surface area contributed by atoms with Gasteiger partial charge in [0.05, 0.1) is 0 Å². The van der Waals surface area contributed by atoms with Crippen LogP contribution in [0.5, 0.6) is 0 Å². The molecule has 0 aromatic carbocycles. The van der Waals surface area contributed by atoms with Gasteiger partial charge in [-0.2, -0.15) is 0 Å². The maximum atomic E-state index is 10.6. The summed E-state index contributed by atoms with van der Waals surface area (Å²) < 4.78 is 0. The molecule has 0 aliphatic rings. The molecule has 18 heavy (non-hydrogen) atoms. The van der Waals surface area contributed by atoms with Gasteiger partial charge in [0.25, 0.3) is 0 Å². The highest BCUT2D eigenvalue weighted by Gasteiger charge is 2.11. The fourth-order valence-corrected chi connectivity index (χ4v) is 1.07. The zero-order valence-electron chi connectivity index (χ0n) is 10.3. The Bertz CT molecular complexity index is 401. The van der Waals surface area contributed by atoms with E-state index in [1.54, 1.807) is 18.2 Å². The molecule has 0 aromatic heterocycles. The summed E-state index contributed by atoms with van der Waals surface area (Å²) in [5.41, 5.74) is 6.22. The van der Waals surface area contributed by atoms with E-state index in [1.165, 1.54) is 0 Å². The van der Waals surface area contributed by atoms with Crippen LogP contribution < -0.4 is 5.73 Å². The molecule has 0 amide bonds. The van der Waals surface area contributed by atoms with Crippen LogP contribution in [0, 0.1) is 0 Å². The molecular formula is C15H19NO2. The Morgan fingerprint density at radius 2 is 1.67 bits per heavy atom. The van der Waals surface area contributed by atoms with Gasteiger partial charge in [-0.05, 0) is 12.0 Å². The molecular weight excluding hydrogens is 226 g/mol. The molecule has 0 rings (SSSR count). The van der Waals surface area contributed by atoms with Crippen LogP contribution in [0.25, 0.3) is 0 Å². The summed E-state index contributed by atoms with van der Waals surface area (Å²) in [6.45, 7) is 7.17. The molecule has 0 saturated carbocycles. The molecule has 0 saturated heterocycles. The second-order valence-electron chi connectivity index (χ2n) is 3.48. The molecule has 3 nitrogen and oxygen atoms in total. The summed E-state index contributed by atoms with van der Waals surface area (Å²) in [4.78, 5) is 10.6. The minimum absolute atomic E-state index is 0.267. The third-order valence-corrected chi connectivity index (χ3v) is 2.04.